The van der Waals surface area contributed by atoms with Gasteiger partial charge in [-0.1, -0.05) is 6.07 Å². The van der Waals surface area contributed by atoms with Crippen molar-refractivity contribution in [3.63, 3.8) is 0 Å². The van der Waals surface area contributed by atoms with Crippen molar-refractivity contribution in [2.45, 2.75) is 36.7 Å². The van der Waals surface area contributed by atoms with Crippen LogP contribution >= 0.6 is 0 Å². The first-order valence-corrected chi connectivity index (χ1v) is 9.26. The van der Waals surface area contributed by atoms with Gasteiger partial charge in [0, 0.05) is 18.7 Å². The van der Waals surface area contributed by atoms with E-state index in [0.29, 0.717) is 18.0 Å². The smallest absolute Gasteiger partial charge is 0.243 e. The van der Waals surface area contributed by atoms with Crippen LogP contribution in [-0.2, 0) is 23.0 Å². The zero-order valence-corrected chi connectivity index (χ0v) is 13.5. The van der Waals surface area contributed by atoms with Crippen LogP contribution in [0.1, 0.15) is 24.1 Å². The van der Waals surface area contributed by atoms with Gasteiger partial charge in [0.2, 0.25) is 10.0 Å². The molecule has 1 aliphatic carbocycles. The molecule has 1 aromatic heterocycles. The summed E-state index contributed by atoms with van der Waals surface area (Å²) in [5, 5.41) is 0. The van der Waals surface area contributed by atoms with Crippen molar-refractivity contribution in [2.24, 2.45) is 0 Å². The van der Waals surface area contributed by atoms with Crippen LogP contribution in [-0.4, -0.2) is 30.4 Å². The minimum atomic E-state index is -3.52. The number of ether oxygens (including phenoxy) is 1. The summed E-state index contributed by atoms with van der Waals surface area (Å²) in [7, 11) is -3.52. The lowest BCUT2D eigenvalue weighted by atomic mass is 10.2. The zero-order valence-electron chi connectivity index (χ0n) is 12.7. The quantitative estimate of drug-likeness (QED) is 0.844. The predicted molar refractivity (Wildman–Crippen MR) is 85.6 cm³/mol. The fourth-order valence-corrected chi connectivity index (χ4v) is 4.59. The van der Waals surface area contributed by atoms with E-state index in [0.717, 1.165) is 36.3 Å². The molecule has 0 amide bonds. The Balaban J connectivity index is 1.67. The van der Waals surface area contributed by atoms with Crippen LogP contribution in [0.2, 0.25) is 0 Å². The number of rotatable bonds is 5. The molecule has 0 unspecified atom stereocenters. The van der Waals surface area contributed by atoms with Gasteiger partial charge in [-0.3, -0.25) is 4.98 Å². The van der Waals surface area contributed by atoms with Gasteiger partial charge in [-0.05, 0) is 48.7 Å². The molecule has 6 heteroatoms. The van der Waals surface area contributed by atoms with Gasteiger partial charge in [-0.15, -0.1) is 0 Å². The number of aromatic nitrogens is 1. The summed E-state index contributed by atoms with van der Waals surface area (Å²) in [6.45, 7) is 0.945. The van der Waals surface area contributed by atoms with Crippen LogP contribution < -0.4 is 4.74 Å². The summed E-state index contributed by atoms with van der Waals surface area (Å²) in [5.41, 5.74) is 1.74. The molecule has 1 aromatic carbocycles. The van der Waals surface area contributed by atoms with Crippen LogP contribution in [0.4, 0.5) is 0 Å². The Kier molecular flexibility index (Phi) is 3.58. The van der Waals surface area contributed by atoms with Gasteiger partial charge in [0.1, 0.15) is 5.75 Å². The first-order valence-electron chi connectivity index (χ1n) is 7.82. The van der Waals surface area contributed by atoms with Crippen LogP contribution in [0.25, 0.3) is 0 Å². The maximum Gasteiger partial charge on any atom is 0.243 e. The van der Waals surface area contributed by atoms with Gasteiger partial charge in [0.15, 0.2) is 0 Å². The van der Waals surface area contributed by atoms with E-state index >= 15 is 0 Å². The summed E-state index contributed by atoms with van der Waals surface area (Å²) in [6.07, 6.45) is 4.29. The zero-order chi connectivity index (χ0) is 15.9. The molecular formula is C17H18N2O3S. The van der Waals surface area contributed by atoms with Crippen LogP contribution in [0, 0.1) is 0 Å². The van der Waals surface area contributed by atoms with Crippen molar-refractivity contribution in [3.05, 3.63) is 53.9 Å². The molecule has 0 radical (unpaired) electrons. The Hall–Kier alpha value is -1.92. The van der Waals surface area contributed by atoms with E-state index in [4.69, 9.17) is 4.74 Å². The molecular weight excluding hydrogens is 312 g/mol. The highest BCUT2D eigenvalue weighted by Crippen LogP contribution is 2.35. The highest BCUT2D eigenvalue weighted by molar-refractivity contribution is 7.89. The maximum absolute atomic E-state index is 13.1. The minimum Gasteiger partial charge on any atom is -0.493 e. The number of sulfonamides is 1. The Bertz CT molecular complexity index is 817. The van der Waals surface area contributed by atoms with E-state index in [1.165, 1.54) is 0 Å². The predicted octanol–water partition coefficient (Wildman–Crippen LogP) is 2.37. The summed E-state index contributed by atoms with van der Waals surface area (Å²) < 4.78 is 33.2. The second-order valence-corrected chi connectivity index (χ2v) is 7.86. The van der Waals surface area contributed by atoms with Crippen LogP contribution in [0.5, 0.6) is 5.75 Å². The molecule has 0 bridgehead atoms. The number of benzene rings is 1. The van der Waals surface area contributed by atoms with Crippen molar-refractivity contribution in [3.8, 4) is 5.75 Å². The molecule has 1 aliphatic heterocycles. The maximum atomic E-state index is 13.1. The van der Waals surface area contributed by atoms with Gasteiger partial charge in [0.05, 0.1) is 23.7 Å². The standard InChI is InChI=1S/C17H18N2O3S/c20-23(21,16-6-7-17-13(11-16)8-10-22-17)19(15-4-5-15)12-14-3-1-2-9-18-14/h1-3,6-7,9,11,15H,4-5,8,10,12H2. The SMILES string of the molecule is O=S(=O)(c1ccc2c(c1)CCO2)N(Cc1ccccn1)C1CC1. The van der Waals surface area contributed by atoms with E-state index in [-0.39, 0.29) is 6.04 Å². The van der Waals surface area contributed by atoms with Crippen molar-refractivity contribution in [1.82, 2.24) is 9.29 Å². The number of hydrogen-bond acceptors (Lipinski definition) is 4. The minimum absolute atomic E-state index is 0.0894. The van der Waals surface area contributed by atoms with E-state index in [1.54, 1.807) is 28.7 Å². The van der Waals surface area contributed by atoms with Gasteiger partial charge < -0.3 is 4.74 Å². The highest BCUT2D eigenvalue weighted by Gasteiger charge is 2.38. The molecule has 2 heterocycles. The second kappa shape index (κ2) is 5.62. The normalized spacial score (nSPS) is 17.1. The molecule has 1 saturated carbocycles. The second-order valence-electron chi connectivity index (χ2n) is 5.97. The third kappa shape index (κ3) is 2.84. The topological polar surface area (TPSA) is 59.5 Å². The van der Waals surface area contributed by atoms with Gasteiger partial charge in [-0.2, -0.15) is 4.31 Å². The fourth-order valence-electron chi connectivity index (χ4n) is 2.88. The number of nitrogens with zero attached hydrogens (tertiary/aromatic N) is 2. The average Bonchev–Trinajstić information content (AvgIpc) is 3.29. The van der Waals surface area contributed by atoms with Crippen LogP contribution in [0.15, 0.2) is 47.5 Å². The van der Waals surface area contributed by atoms with E-state index < -0.39 is 10.0 Å². The molecule has 4 rings (SSSR count). The largest absolute Gasteiger partial charge is 0.493 e. The highest BCUT2D eigenvalue weighted by atomic mass is 32.2. The van der Waals surface area contributed by atoms with Crippen molar-refractivity contribution < 1.29 is 13.2 Å². The molecule has 1 fully saturated rings. The lowest BCUT2D eigenvalue weighted by molar-refractivity contribution is 0.356. The molecule has 0 atom stereocenters. The molecule has 2 aromatic rings. The summed E-state index contributed by atoms with van der Waals surface area (Å²) in [5.74, 6) is 0.798. The van der Waals surface area contributed by atoms with E-state index in [2.05, 4.69) is 4.98 Å². The van der Waals surface area contributed by atoms with Crippen molar-refractivity contribution >= 4 is 10.0 Å². The molecule has 23 heavy (non-hydrogen) atoms. The van der Waals surface area contributed by atoms with E-state index in [1.807, 2.05) is 18.2 Å². The lowest BCUT2D eigenvalue weighted by Crippen LogP contribution is -2.33. The molecule has 0 spiro atoms. The molecule has 2 aliphatic rings. The van der Waals surface area contributed by atoms with Crippen molar-refractivity contribution in [1.29, 1.82) is 0 Å². The van der Waals surface area contributed by atoms with Gasteiger partial charge in [-0.25, -0.2) is 8.42 Å². The summed E-state index contributed by atoms with van der Waals surface area (Å²) >= 11 is 0. The number of hydrogen-bond donors (Lipinski definition) is 0. The Morgan fingerprint density at radius 1 is 1.22 bits per heavy atom. The molecule has 120 valence electrons. The Morgan fingerprint density at radius 3 is 2.83 bits per heavy atom. The van der Waals surface area contributed by atoms with Gasteiger partial charge in [0.25, 0.3) is 0 Å². The Morgan fingerprint density at radius 2 is 2.09 bits per heavy atom. The third-order valence-corrected chi connectivity index (χ3v) is 6.16. The monoisotopic (exact) mass is 330 g/mol. The molecule has 0 saturated heterocycles. The third-order valence-electron chi connectivity index (χ3n) is 4.27. The van der Waals surface area contributed by atoms with Crippen molar-refractivity contribution in [2.75, 3.05) is 6.61 Å². The fraction of sp³-hybridized carbons (Fsp3) is 0.353. The first-order chi connectivity index (χ1) is 11.1. The van der Waals surface area contributed by atoms with Gasteiger partial charge >= 0.3 is 0 Å². The summed E-state index contributed by atoms with van der Waals surface area (Å²) in [4.78, 5) is 4.62. The number of pyridine rings is 1. The van der Waals surface area contributed by atoms with E-state index in [9.17, 15) is 8.42 Å². The average molecular weight is 330 g/mol. The number of fused-ring (bicyclic) bond motifs is 1. The molecule has 5 nitrogen and oxygen atoms in total. The Labute approximate surface area is 136 Å². The molecule has 0 N–H and O–H groups in total. The van der Waals surface area contributed by atoms with Crippen LogP contribution in [0.3, 0.4) is 0 Å². The lowest BCUT2D eigenvalue weighted by Gasteiger charge is -2.22. The first kappa shape index (κ1) is 14.7. The summed E-state index contributed by atoms with van der Waals surface area (Å²) in [6, 6.07) is 10.8.